The van der Waals surface area contributed by atoms with Crippen LogP contribution in [0.25, 0.3) is 0 Å². The fourth-order valence-electron chi connectivity index (χ4n) is 3.90. The Labute approximate surface area is 156 Å². The molecular weight excluding hydrogens is 328 g/mol. The highest BCUT2D eigenvalue weighted by Gasteiger charge is 2.40. The summed E-state index contributed by atoms with van der Waals surface area (Å²) < 4.78 is 5.45. The molecule has 0 saturated carbocycles. The smallest absolute Gasteiger partial charge is 0.225 e. The standard InChI is InChI=1S/C20H32N4O2/c1-4-23-12-17-7-8-18(13-23)24(17)20-21-10-16(11-22-20)6-5-9-26-14-19(25)15(2)3/h10-11,15,17-18H,4-9,12-14H2,1-3H3. The van der Waals surface area contributed by atoms with Crippen molar-refractivity contribution in [1.29, 1.82) is 0 Å². The molecule has 2 aliphatic heterocycles. The van der Waals surface area contributed by atoms with E-state index in [9.17, 15) is 4.79 Å². The molecule has 1 aromatic heterocycles. The van der Waals surface area contributed by atoms with Gasteiger partial charge in [-0.3, -0.25) is 9.69 Å². The van der Waals surface area contributed by atoms with Crippen molar-refractivity contribution in [2.45, 2.75) is 58.5 Å². The van der Waals surface area contributed by atoms with E-state index < -0.39 is 0 Å². The predicted octanol–water partition coefficient (Wildman–Crippen LogP) is 2.32. The Morgan fingerprint density at radius 1 is 1.23 bits per heavy atom. The van der Waals surface area contributed by atoms with Crippen LogP contribution in [0.4, 0.5) is 5.95 Å². The van der Waals surface area contributed by atoms with Crippen molar-refractivity contribution in [3.05, 3.63) is 18.0 Å². The number of aromatic nitrogens is 2. The molecule has 0 aliphatic carbocycles. The molecule has 2 unspecified atom stereocenters. The number of nitrogens with zero attached hydrogens (tertiary/aromatic N) is 4. The van der Waals surface area contributed by atoms with Crippen molar-refractivity contribution in [3.8, 4) is 0 Å². The molecule has 26 heavy (non-hydrogen) atoms. The van der Waals surface area contributed by atoms with Gasteiger partial charge in [0, 0.05) is 50.1 Å². The van der Waals surface area contributed by atoms with E-state index in [2.05, 4.69) is 26.7 Å². The highest BCUT2D eigenvalue weighted by atomic mass is 16.5. The van der Waals surface area contributed by atoms with Gasteiger partial charge >= 0.3 is 0 Å². The van der Waals surface area contributed by atoms with Gasteiger partial charge < -0.3 is 9.64 Å². The summed E-state index contributed by atoms with van der Waals surface area (Å²) >= 11 is 0. The average Bonchev–Trinajstić information content (AvgIpc) is 2.91. The maximum absolute atomic E-state index is 11.5. The lowest BCUT2D eigenvalue weighted by molar-refractivity contribution is -0.126. The zero-order valence-corrected chi connectivity index (χ0v) is 16.4. The van der Waals surface area contributed by atoms with E-state index in [1.165, 1.54) is 12.8 Å². The molecule has 2 atom stereocenters. The van der Waals surface area contributed by atoms with Crippen molar-refractivity contribution < 1.29 is 9.53 Å². The van der Waals surface area contributed by atoms with Crippen LogP contribution in [0.15, 0.2) is 12.4 Å². The maximum atomic E-state index is 11.5. The molecule has 3 rings (SSSR count). The molecule has 0 amide bonds. The predicted molar refractivity (Wildman–Crippen MR) is 102 cm³/mol. The average molecular weight is 361 g/mol. The van der Waals surface area contributed by atoms with E-state index in [1.807, 2.05) is 26.2 Å². The van der Waals surface area contributed by atoms with Crippen LogP contribution < -0.4 is 4.90 Å². The van der Waals surface area contributed by atoms with Crippen LogP contribution in [0.5, 0.6) is 0 Å². The number of ether oxygens (including phenoxy) is 1. The van der Waals surface area contributed by atoms with Gasteiger partial charge in [0.25, 0.3) is 0 Å². The summed E-state index contributed by atoms with van der Waals surface area (Å²) in [5.41, 5.74) is 1.13. The van der Waals surface area contributed by atoms with Gasteiger partial charge in [-0.15, -0.1) is 0 Å². The van der Waals surface area contributed by atoms with Crippen LogP contribution in [-0.4, -0.2) is 65.6 Å². The molecule has 0 spiro atoms. The highest BCUT2D eigenvalue weighted by molar-refractivity contribution is 5.81. The van der Waals surface area contributed by atoms with Crippen LogP contribution in [0.1, 0.15) is 45.6 Å². The van der Waals surface area contributed by atoms with Crippen molar-refractivity contribution in [1.82, 2.24) is 14.9 Å². The second kappa shape index (κ2) is 8.91. The first-order chi connectivity index (χ1) is 12.6. The number of anilines is 1. The number of hydrogen-bond acceptors (Lipinski definition) is 6. The highest BCUT2D eigenvalue weighted by Crippen LogP contribution is 2.32. The molecule has 6 heteroatoms. The third kappa shape index (κ3) is 4.60. The van der Waals surface area contributed by atoms with Crippen molar-refractivity contribution in [2.24, 2.45) is 5.92 Å². The van der Waals surface area contributed by atoms with Crippen LogP contribution in [0.2, 0.25) is 0 Å². The summed E-state index contributed by atoms with van der Waals surface area (Å²) in [6, 6.07) is 1.12. The van der Waals surface area contributed by atoms with Crippen molar-refractivity contribution in [3.63, 3.8) is 0 Å². The van der Waals surface area contributed by atoms with Gasteiger partial charge in [-0.25, -0.2) is 9.97 Å². The minimum absolute atomic E-state index is 0.0467. The number of ketones is 1. The Bertz CT molecular complexity index is 576. The molecule has 0 N–H and O–H groups in total. The van der Waals surface area contributed by atoms with Gasteiger partial charge in [0.15, 0.2) is 5.78 Å². The lowest BCUT2D eigenvalue weighted by Crippen LogP contribution is -2.54. The number of rotatable bonds is 9. The molecule has 3 heterocycles. The zero-order valence-electron chi connectivity index (χ0n) is 16.4. The van der Waals surface area contributed by atoms with Crippen molar-refractivity contribution in [2.75, 3.05) is 37.7 Å². The Balaban J connectivity index is 1.45. The van der Waals surface area contributed by atoms with E-state index in [0.29, 0.717) is 18.7 Å². The number of likely N-dealkylation sites (tertiary alicyclic amines) is 1. The number of aryl methyl sites for hydroxylation is 1. The van der Waals surface area contributed by atoms with Gasteiger partial charge in [0.05, 0.1) is 0 Å². The molecule has 6 nitrogen and oxygen atoms in total. The summed E-state index contributed by atoms with van der Waals surface area (Å²) in [5.74, 6) is 1.09. The largest absolute Gasteiger partial charge is 0.374 e. The molecule has 2 aliphatic rings. The number of hydrogen-bond donors (Lipinski definition) is 0. The first kappa shape index (κ1) is 19.2. The number of Topliss-reactive ketones (excluding diaryl/α,β-unsaturated/α-hetero) is 1. The molecule has 2 saturated heterocycles. The zero-order chi connectivity index (χ0) is 18.5. The van der Waals surface area contributed by atoms with Crippen LogP contribution in [0, 0.1) is 5.92 Å². The second-order valence-corrected chi connectivity index (χ2v) is 7.81. The fraction of sp³-hybridized carbons (Fsp3) is 0.750. The van der Waals surface area contributed by atoms with E-state index in [-0.39, 0.29) is 18.3 Å². The van der Waals surface area contributed by atoms with Gasteiger partial charge in [-0.05, 0) is 37.8 Å². The molecule has 2 fully saturated rings. The summed E-state index contributed by atoms with van der Waals surface area (Å²) in [5, 5.41) is 0. The molecular formula is C20H32N4O2. The summed E-state index contributed by atoms with van der Waals surface area (Å²) in [4.78, 5) is 25.8. The van der Waals surface area contributed by atoms with Gasteiger partial charge in [-0.2, -0.15) is 0 Å². The van der Waals surface area contributed by atoms with Crippen molar-refractivity contribution >= 4 is 11.7 Å². The number of fused-ring (bicyclic) bond motifs is 2. The Hall–Kier alpha value is -1.53. The summed E-state index contributed by atoms with van der Waals surface area (Å²) in [6.45, 7) is 10.3. The summed E-state index contributed by atoms with van der Waals surface area (Å²) in [6.07, 6.45) is 8.17. The molecule has 0 aromatic carbocycles. The number of piperazine rings is 1. The van der Waals surface area contributed by atoms with E-state index in [4.69, 9.17) is 4.74 Å². The Morgan fingerprint density at radius 2 is 1.88 bits per heavy atom. The third-order valence-corrected chi connectivity index (χ3v) is 5.57. The summed E-state index contributed by atoms with van der Waals surface area (Å²) in [7, 11) is 0. The Kier molecular flexibility index (Phi) is 6.59. The first-order valence-corrected chi connectivity index (χ1v) is 10.0. The minimum atomic E-state index is 0.0467. The topological polar surface area (TPSA) is 58.6 Å². The van der Waals surface area contributed by atoms with E-state index >= 15 is 0 Å². The normalized spacial score (nSPS) is 23.0. The SMILES string of the molecule is CCN1CC2CCC(C1)N2c1ncc(CCCOCC(=O)C(C)C)cn1. The Morgan fingerprint density at radius 3 is 2.46 bits per heavy atom. The van der Waals surface area contributed by atoms with E-state index in [0.717, 1.165) is 44.0 Å². The monoisotopic (exact) mass is 360 g/mol. The molecule has 0 radical (unpaired) electrons. The van der Waals surface area contributed by atoms with Gasteiger partial charge in [-0.1, -0.05) is 20.8 Å². The second-order valence-electron chi connectivity index (χ2n) is 7.81. The number of carbonyl (C=O) groups excluding carboxylic acids is 1. The maximum Gasteiger partial charge on any atom is 0.225 e. The lowest BCUT2D eigenvalue weighted by Gasteiger charge is -2.40. The third-order valence-electron chi connectivity index (χ3n) is 5.57. The molecule has 1 aromatic rings. The fourth-order valence-corrected chi connectivity index (χ4v) is 3.90. The molecule has 144 valence electrons. The van der Waals surface area contributed by atoms with E-state index in [1.54, 1.807) is 0 Å². The van der Waals surface area contributed by atoms with Crippen LogP contribution in [-0.2, 0) is 16.0 Å². The molecule has 2 bridgehead atoms. The number of carbonyl (C=O) groups is 1. The minimum Gasteiger partial charge on any atom is -0.374 e. The lowest BCUT2D eigenvalue weighted by atomic mass is 10.1. The quantitative estimate of drug-likeness (QED) is 0.630. The van der Waals surface area contributed by atoms with Gasteiger partial charge in [0.2, 0.25) is 5.95 Å². The first-order valence-electron chi connectivity index (χ1n) is 10.0. The van der Waals surface area contributed by atoms with Crippen LogP contribution >= 0.6 is 0 Å². The van der Waals surface area contributed by atoms with Gasteiger partial charge in [0.1, 0.15) is 6.61 Å². The number of likely N-dealkylation sites (N-methyl/N-ethyl adjacent to an activating group) is 1. The van der Waals surface area contributed by atoms with Crippen LogP contribution in [0.3, 0.4) is 0 Å².